The van der Waals surface area contributed by atoms with Gasteiger partial charge in [0.25, 0.3) is 11.5 Å². The molecule has 0 saturated heterocycles. The first-order valence-electron chi connectivity index (χ1n) is 8.74. The number of anilines is 1. The Labute approximate surface area is 166 Å². The van der Waals surface area contributed by atoms with Gasteiger partial charge in [0.05, 0.1) is 11.1 Å². The first-order valence-corrected chi connectivity index (χ1v) is 8.74. The molecule has 0 radical (unpaired) electrons. The Kier molecular flexibility index (Phi) is 4.65. The second-order valence-electron chi connectivity index (χ2n) is 6.53. The predicted octanol–water partition coefficient (Wildman–Crippen LogP) is 4.41. The van der Waals surface area contributed by atoms with Crippen LogP contribution in [-0.2, 0) is 0 Å². The highest BCUT2D eigenvalue weighted by Crippen LogP contribution is 2.34. The molecular formula is C21H13F4N3O2. The molecule has 0 unspecified atom stereocenters. The number of aromatic amines is 1. The third-order valence-electron chi connectivity index (χ3n) is 4.67. The smallest absolute Gasteiger partial charge is 0.277 e. The van der Waals surface area contributed by atoms with Crippen LogP contribution in [0.25, 0.3) is 16.6 Å². The zero-order valence-corrected chi connectivity index (χ0v) is 15.4. The molecule has 2 aromatic carbocycles. The van der Waals surface area contributed by atoms with E-state index < -0.39 is 51.5 Å². The summed E-state index contributed by atoms with van der Waals surface area (Å²) in [6.07, 6.45) is 0. The molecule has 1 amide bonds. The molecule has 9 heteroatoms. The summed E-state index contributed by atoms with van der Waals surface area (Å²) in [5.74, 6) is -8.10. The van der Waals surface area contributed by atoms with Crippen molar-refractivity contribution in [1.82, 2.24) is 9.61 Å². The van der Waals surface area contributed by atoms with E-state index in [2.05, 4.69) is 5.10 Å². The van der Waals surface area contributed by atoms with Gasteiger partial charge >= 0.3 is 0 Å². The number of aromatic nitrogens is 2. The molecular weight excluding hydrogens is 402 g/mol. The maximum atomic E-state index is 14.6. The van der Waals surface area contributed by atoms with Crippen molar-refractivity contribution in [3.05, 3.63) is 93.4 Å². The molecule has 4 rings (SSSR count). The topological polar surface area (TPSA) is 66.4 Å². The largest absolute Gasteiger partial charge is 0.317 e. The minimum absolute atomic E-state index is 0.0754. The van der Waals surface area contributed by atoms with Crippen LogP contribution in [0.15, 0.2) is 53.3 Å². The highest BCUT2D eigenvalue weighted by molar-refractivity contribution is 6.09. The summed E-state index contributed by atoms with van der Waals surface area (Å²) in [6, 6.07) is 11.7. The molecule has 2 heterocycles. The van der Waals surface area contributed by atoms with Crippen LogP contribution in [0.4, 0.5) is 23.2 Å². The summed E-state index contributed by atoms with van der Waals surface area (Å²) in [4.78, 5) is 24.8. The molecule has 0 saturated carbocycles. The third-order valence-corrected chi connectivity index (χ3v) is 4.67. The van der Waals surface area contributed by atoms with E-state index in [1.807, 2.05) is 0 Å². The summed E-state index contributed by atoms with van der Waals surface area (Å²) < 4.78 is 59.6. The van der Waals surface area contributed by atoms with Crippen LogP contribution in [-0.4, -0.2) is 15.5 Å². The van der Waals surface area contributed by atoms with Crippen molar-refractivity contribution in [3.63, 3.8) is 0 Å². The normalized spacial score (nSPS) is 11.1. The third kappa shape index (κ3) is 2.95. The lowest BCUT2D eigenvalue weighted by Crippen LogP contribution is -2.22. The molecule has 152 valence electrons. The minimum atomic E-state index is -1.78. The van der Waals surface area contributed by atoms with Crippen LogP contribution in [0.2, 0.25) is 0 Å². The van der Waals surface area contributed by atoms with Crippen LogP contribution >= 0.6 is 0 Å². The lowest BCUT2D eigenvalue weighted by molar-refractivity contribution is 0.102. The summed E-state index contributed by atoms with van der Waals surface area (Å²) in [5, 5.41) is 4.20. The van der Waals surface area contributed by atoms with Crippen molar-refractivity contribution in [1.29, 1.82) is 0 Å². The molecule has 0 aliphatic rings. The Balaban J connectivity index is 1.82. The van der Waals surface area contributed by atoms with Gasteiger partial charge in [-0.1, -0.05) is 36.4 Å². The number of nitrogens with one attached hydrogen (secondary N) is 2. The van der Waals surface area contributed by atoms with Crippen LogP contribution < -0.4 is 10.9 Å². The molecule has 2 aromatic heterocycles. The molecule has 0 bridgehead atoms. The number of H-pyrrole nitrogens is 1. The first-order chi connectivity index (χ1) is 14.3. The van der Waals surface area contributed by atoms with E-state index in [1.54, 1.807) is 30.4 Å². The summed E-state index contributed by atoms with van der Waals surface area (Å²) in [5.41, 5.74) is -2.85. The van der Waals surface area contributed by atoms with E-state index >= 15 is 0 Å². The lowest BCUT2D eigenvalue weighted by atomic mass is 10.0. The van der Waals surface area contributed by atoms with E-state index in [1.165, 1.54) is 34.8 Å². The molecule has 0 aliphatic heterocycles. The van der Waals surface area contributed by atoms with Gasteiger partial charge < -0.3 is 5.32 Å². The zero-order valence-electron chi connectivity index (χ0n) is 15.4. The number of pyridine rings is 1. The number of carbonyl (C=O) groups is 1. The van der Waals surface area contributed by atoms with Crippen LogP contribution in [0.5, 0.6) is 0 Å². The lowest BCUT2D eigenvalue weighted by Gasteiger charge is -2.13. The fourth-order valence-corrected chi connectivity index (χ4v) is 3.23. The summed E-state index contributed by atoms with van der Waals surface area (Å²) >= 11 is 0. The number of carbonyl (C=O) groups excluding carboxylic acids is 1. The van der Waals surface area contributed by atoms with Crippen molar-refractivity contribution >= 4 is 17.1 Å². The average Bonchev–Trinajstić information content (AvgIpc) is 3.08. The fourth-order valence-electron chi connectivity index (χ4n) is 3.23. The standard InChI is InChI=1S/C21H13F4N3O2/c1-10-6-5-9-12-14(21(30)27-28(10)12)20(29)26-19-17(24)15(22)13(16(23)18(19)25)11-7-3-2-4-8-11/h2-9H,1H3,(H,26,29)(H,27,30). The van der Waals surface area contributed by atoms with E-state index in [0.717, 1.165) is 0 Å². The molecule has 30 heavy (non-hydrogen) atoms. The van der Waals surface area contributed by atoms with Gasteiger partial charge in [-0.25, -0.2) is 17.6 Å². The van der Waals surface area contributed by atoms with Crippen molar-refractivity contribution < 1.29 is 22.4 Å². The number of fused-ring (bicyclic) bond motifs is 1. The Morgan fingerprint density at radius 1 is 0.900 bits per heavy atom. The second kappa shape index (κ2) is 7.18. The van der Waals surface area contributed by atoms with Crippen molar-refractivity contribution in [3.8, 4) is 11.1 Å². The van der Waals surface area contributed by atoms with E-state index in [4.69, 9.17) is 0 Å². The van der Waals surface area contributed by atoms with Crippen LogP contribution in [0.3, 0.4) is 0 Å². The zero-order chi connectivity index (χ0) is 21.6. The highest BCUT2D eigenvalue weighted by atomic mass is 19.2. The molecule has 0 fully saturated rings. The number of benzene rings is 2. The fraction of sp³-hybridized carbons (Fsp3) is 0.0476. The van der Waals surface area contributed by atoms with E-state index in [0.29, 0.717) is 5.69 Å². The molecule has 0 atom stereocenters. The number of amides is 1. The van der Waals surface area contributed by atoms with Crippen molar-refractivity contribution in [2.24, 2.45) is 0 Å². The van der Waals surface area contributed by atoms with Crippen molar-refractivity contribution in [2.75, 3.05) is 5.32 Å². The monoisotopic (exact) mass is 415 g/mol. The first kappa shape index (κ1) is 19.4. The Morgan fingerprint density at radius 3 is 2.17 bits per heavy atom. The number of hydrogen-bond acceptors (Lipinski definition) is 2. The predicted molar refractivity (Wildman–Crippen MR) is 102 cm³/mol. The Hall–Kier alpha value is -3.88. The molecule has 5 nitrogen and oxygen atoms in total. The molecule has 0 spiro atoms. The number of halogens is 4. The van der Waals surface area contributed by atoms with Crippen LogP contribution in [0.1, 0.15) is 16.1 Å². The van der Waals surface area contributed by atoms with Crippen LogP contribution in [0, 0.1) is 30.2 Å². The maximum Gasteiger partial charge on any atom is 0.277 e. The van der Waals surface area contributed by atoms with Crippen molar-refractivity contribution in [2.45, 2.75) is 6.92 Å². The SMILES string of the molecule is Cc1cccc2c(C(=O)Nc3c(F)c(F)c(-c4ccccc4)c(F)c3F)c(=O)[nH]n12. The maximum absolute atomic E-state index is 14.6. The molecule has 0 aliphatic carbocycles. The number of rotatable bonds is 3. The summed E-state index contributed by atoms with van der Waals surface area (Å²) in [7, 11) is 0. The summed E-state index contributed by atoms with van der Waals surface area (Å²) in [6.45, 7) is 1.66. The average molecular weight is 415 g/mol. The van der Waals surface area contributed by atoms with Gasteiger partial charge in [0.1, 0.15) is 11.3 Å². The Morgan fingerprint density at radius 2 is 1.53 bits per heavy atom. The van der Waals surface area contributed by atoms with Gasteiger partial charge in [0.15, 0.2) is 23.3 Å². The number of nitrogens with zero attached hydrogens (tertiary/aromatic N) is 1. The van der Waals surface area contributed by atoms with Gasteiger partial charge in [0, 0.05) is 5.69 Å². The van der Waals surface area contributed by atoms with Gasteiger partial charge in [-0.15, -0.1) is 0 Å². The molecule has 4 aromatic rings. The van der Waals surface area contributed by atoms with Gasteiger partial charge in [0.2, 0.25) is 0 Å². The Bertz CT molecular complexity index is 1330. The minimum Gasteiger partial charge on any atom is -0.317 e. The number of aryl methyl sites for hydroxylation is 1. The number of hydrogen-bond donors (Lipinski definition) is 2. The van der Waals surface area contributed by atoms with E-state index in [-0.39, 0.29) is 11.1 Å². The van der Waals surface area contributed by atoms with Gasteiger partial charge in [-0.3, -0.25) is 19.2 Å². The van der Waals surface area contributed by atoms with E-state index in [9.17, 15) is 27.2 Å². The highest BCUT2D eigenvalue weighted by Gasteiger charge is 2.28. The molecule has 2 N–H and O–H groups in total. The quantitative estimate of drug-likeness (QED) is 0.385. The second-order valence-corrected chi connectivity index (χ2v) is 6.53. The van der Waals surface area contributed by atoms with Gasteiger partial charge in [-0.2, -0.15) is 0 Å². The van der Waals surface area contributed by atoms with Gasteiger partial charge in [-0.05, 0) is 24.6 Å².